The number of benzene rings is 1. The number of H-pyrrole nitrogens is 1. The lowest BCUT2D eigenvalue weighted by Crippen LogP contribution is -2.10. The molecule has 0 saturated carbocycles. The van der Waals surface area contributed by atoms with Crippen molar-refractivity contribution in [3.8, 4) is 5.75 Å². The molecule has 1 N–H and O–H groups in total. The zero-order valence-electron chi connectivity index (χ0n) is 11.1. The third-order valence-electron chi connectivity index (χ3n) is 3.09. The number of pyridine rings is 1. The van der Waals surface area contributed by atoms with Crippen molar-refractivity contribution < 1.29 is 13.5 Å². The minimum absolute atomic E-state index is 0.0724. The van der Waals surface area contributed by atoms with E-state index in [0.29, 0.717) is 15.6 Å². The van der Waals surface area contributed by atoms with Crippen molar-refractivity contribution in [3.05, 3.63) is 56.9 Å². The molecule has 3 rings (SSSR count). The van der Waals surface area contributed by atoms with Gasteiger partial charge in [0.15, 0.2) is 5.52 Å². The summed E-state index contributed by atoms with van der Waals surface area (Å²) in [7, 11) is 0. The number of aromatic amines is 1. The number of aromatic nitrogens is 3. The van der Waals surface area contributed by atoms with Crippen molar-refractivity contribution in [3.63, 3.8) is 0 Å². The first kappa shape index (κ1) is 14.7. The van der Waals surface area contributed by atoms with Gasteiger partial charge < -0.3 is 4.74 Å². The number of rotatable bonds is 4. The summed E-state index contributed by atoms with van der Waals surface area (Å²) in [4.78, 5) is 15.9. The summed E-state index contributed by atoms with van der Waals surface area (Å²) < 4.78 is 31.6. The van der Waals surface area contributed by atoms with Crippen LogP contribution in [0, 0.1) is 0 Å². The molecule has 0 bridgehead atoms. The van der Waals surface area contributed by atoms with Gasteiger partial charge in [-0.2, -0.15) is 8.78 Å². The van der Waals surface area contributed by atoms with Crippen LogP contribution in [0.2, 0.25) is 0 Å². The first-order chi connectivity index (χ1) is 10.5. The molecule has 5 nitrogen and oxygen atoms in total. The maximum absolute atomic E-state index is 12.4. The summed E-state index contributed by atoms with van der Waals surface area (Å²) in [6.45, 7) is -2.72. The predicted octanol–water partition coefficient (Wildman–Crippen LogP) is 3.14. The molecule has 0 aliphatic carbocycles. The quantitative estimate of drug-likeness (QED) is 0.768. The number of fused-ring (bicyclic) bond motifs is 1. The van der Waals surface area contributed by atoms with Crippen molar-refractivity contribution in [2.75, 3.05) is 0 Å². The van der Waals surface area contributed by atoms with Gasteiger partial charge >= 0.3 is 6.61 Å². The Balaban J connectivity index is 2.04. The first-order valence-electron chi connectivity index (χ1n) is 6.31. The van der Waals surface area contributed by atoms with Gasteiger partial charge in [-0.15, -0.1) is 0 Å². The number of alkyl halides is 2. The van der Waals surface area contributed by atoms with Crippen molar-refractivity contribution in [1.82, 2.24) is 14.8 Å². The van der Waals surface area contributed by atoms with Gasteiger partial charge in [0.25, 0.3) is 5.56 Å². The number of nitrogens with one attached hydrogen (secondary N) is 1. The van der Waals surface area contributed by atoms with Gasteiger partial charge in [0, 0.05) is 16.2 Å². The Kier molecular flexibility index (Phi) is 3.93. The lowest BCUT2D eigenvalue weighted by Gasteiger charge is -2.11. The number of nitrogens with zero attached hydrogens (tertiary/aromatic N) is 2. The minimum atomic E-state index is -2.91. The maximum Gasteiger partial charge on any atom is 0.387 e. The molecule has 0 unspecified atom stereocenters. The van der Waals surface area contributed by atoms with Gasteiger partial charge in [-0.25, -0.2) is 4.98 Å². The zero-order chi connectivity index (χ0) is 15.7. The zero-order valence-corrected chi connectivity index (χ0v) is 12.7. The predicted molar refractivity (Wildman–Crippen MR) is 80.2 cm³/mol. The summed E-state index contributed by atoms with van der Waals surface area (Å²) in [5.74, 6) is 0.0724. The van der Waals surface area contributed by atoms with E-state index in [0.717, 1.165) is 0 Å². The van der Waals surface area contributed by atoms with Gasteiger partial charge in [-0.05, 0) is 28.1 Å². The van der Waals surface area contributed by atoms with Gasteiger partial charge in [0.2, 0.25) is 0 Å². The molecular formula is C14H10BrF2N3O2. The van der Waals surface area contributed by atoms with E-state index in [4.69, 9.17) is 0 Å². The molecule has 3 aromatic rings. The van der Waals surface area contributed by atoms with E-state index < -0.39 is 6.61 Å². The van der Waals surface area contributed by atoms with Crippen LogP contribution in [-0.4, -0.2) is 21.4 Å². The molecule has 0 aliphatic rings. The van der Waals surface area contributed by atoms with Crippen LogP contribution in [0.5, 0.6) is 5.75 Å². The topological polar surface area (TPSA) is 59.9 Å². The third-order valence-corrected chi connectivity index (χ3v) is 3.53. The average Bonchev–Trinajstić information content (AvgIpc) is 2.76. The number of hydrogen-bond acceptors (Lipinski definition) is 3. The van der Waals surface area contributed by atoms with E-state index in [1.165, 1.54) is 12.3 Å². The van der Waals surface area contributed by atoms with Crippen molar-refractivity contribution in [2.24, 2.45) is 0 Å². The highest BCUT2D eigenvalue weighted by Gasteiger charge is 2.13. The van der Waals surface area contributed by atoms with Crippen LogP contribution in [0.3, 0.4) is 0 Å². The SMILES string of the molecule is O=c1[nH]n(Cc2ccccc2OC(F)F)c2cc(Br)cnc12. The van der Waals surface area contributed by atoms with Crippen LogP contribution in [-0.2, 0) is 6.54 Å². The van der Waals surface area contributed by atoms with E-state index in [9.17, 15) is 13.6 Å². The maximum atomic E-state index is 12.4. The Morgan fingerprint density at radius 3 is 2.91 bits per heavy atom. The lowest BCUT2D eigenvalue weighted by atomic mass is 10.2. The molecule has 0 aliphatic heterocycles. The Morgan fingerprint density at radius 1 is 1.36 bits per heavy atom. The fourth-order valence-electron chi connectivity index (χ4n) is 2.19. The average molecular weight is 370 g/mol. The standard InChI is InChI=1S/C14H10BrF2N3O2/c15-9-5-10-12(18-6-9)13(21)19-20(10)7-8-3-1-2-4-11(8)22-14(16)17/h1-6,14H,7H2,(H,19,21). The fraction of sp³-hybridized carbons (Fsp3) is 0.143. The van der Waals surface area contributed by atoms with E-state index >= 15 is 0 Å². The summed E-state index contributed by atoms with van der Waals surface area (Å²) in [6.07, 6.45) is 1.52. The van der Waals surface area contributed by atoms with Crippen molar-refractivity contribution >= 4 is 27.0 Å². The smallest absolute Gasteiger partial charge is 0.387 e. The van der Waals surface area contributed by atoms with Crippen LogP contribution >= 0.6 is 15.9 Å². The van der Waals surface area contributed by atoms with E-state index in [2.05, 4.69) is 30.7 Å². The Bertz CT molecular complexity index is 876. The number of halogens is 3. The highest BCUT2D eigenvalue weighted by atomic mass is 79.9. The molecule has 2 heterocycles. The fourth-order valence-corrected chi connectivity index (χ4v) is 2.50. The molecule has 1 aromatic carbocycles. The van der Waals surface area contributed by atoms with Crippen LogP contribution in [0.25, 0.3) is 11.0 Å². The van der Waals surface area contributed by atoms with Crippen LogP contribution < -0.4 is 10.3 Å². The van der Waals surface area contributed by atoms with Gasteiger partial charge in [-0.1, -0.05) is 18.2 Å². The number of hydrogen-bond donors (Lipinski definition) is 1. The molecule has 0 atom stereocenters. The summed E-state index contributed by atoms with van der Waals surface area (Å²) in [5, 5.41) is 2.64. The van der Waals surface area contributed by atoms with Gasteiger partial charge in [-0.3, -0.25) is 14.6 Å². The molecule has 0 amide bonds. The largest absolute Gasteiger partial charge is 0.434 e. The highest BCUT2D eigenvalue weighted by Crippen LogP contribution is 2.22. The normalized spacial score (nSPS) is 11.3. The highest BCUT2D eigenvalue weighted by molar-refractivity contribution is 9.10. The number of ether oxygens (including phenoxy) is 1. The second kappa shape index (κ2) is 5.88. The second-order valence-electron chi connectivity index (χ2n) is 4.53. The minimum Gasteiger partial charge on any atom is -0.434 e. The van der Waals surface area contributed by atoms with Gasteiger partial charge in [0.05, 0.1) is 12.1 Å². The molecule has 114 valence electrons. The molecule has 0 saturated heterocycles. The van der Waals surface area contributed by atoms with Crippen LogP contribution in [0.15, 0.2) is 45.8 Å². The second-order valence-corrected chi connectivity index (χ2v) is 5.45. The van der Waals surface area contributed by atoms with E-state index in [1.54, 1.807) is 28.9 Å². The molecule has 8 heteroatoms. The summed E-state index contributed by atoms with van der Waals surface area (Å²) in [6, 6.07) is 8.17. The molecule has 0 radical (unpaired) electrons. The summed E-state index contributed by atoms with van der Waals surface area (Å²) in [5.41, 5.74) is 1.05. The van der Waals surface area contributed by atoms with Gasteiger partial charge in [0.1, 0.15) is 5.75 Å². The third kappa shape index (κ3) is 2.87. The van der Waals surface area contributed by atoms with E-state index in [-0.39, 0.29) is 23.4 Å². The molecule has 2 aromatic heterocycles. The monoisotopic (exact) mass is 369 g/mol. The molecule has 0 spiro atoms. The number of para-hydroxylation sites is 1. The van der Waals surface area contributed by atoms with Crippen molar-refractivity contribution in [2.45, 2.75) is 13.2 Å². The van der Waals surface area contributed by atoms with E-state index in [1.807, 2.05) is 0 Å². The first-order valence-corrected chi connectivity index (χ1v) is 7.10. The van der Waals surface area contributed by atoms with Crippen LogP contribution in [0.1, 0.15) is 5.56 Å². The Labute approximate surface area is 131 Å². The lowest BCUT2D eigenvalue weighted by molar-refractivity contribution is -0.0505. The van der Waals surface area contributed by atoms with Crippen molar-refractivity contribution in [1.29, 1.82) is 0 Å². The Morgan fingerprint density at radius 2 is 2.14 bits per heavy atom. The Hall–Kier alpha value is -2.22. The molecular weight excluding hydrogens is 360 g/mol. The molecule has 0 fully saturated rings. The summed E-state index contributed by atoms with van der Waals surface area (Å²) >= 11 is 3.29. The molecule has 22 heavy (non-hydrogen) atoms. The van der Waals surface area contributed by atoms with Crippen LogP contribution in [0.4, 0.5) is 8.78 Å².